The van der Waals surface area contributed by atoms with Crippen molar-refractivity contribution in [1.82, 2.24) is 14.3 Å². The van der Waals surface area contributed by atoms with Gasteiger partial charge in [0.25, 0.3) is 15.9 Å². The molecular formula is C23H23BrCl2N4O4S. The number of ether oxygens (including phenoxy) is 1. The van der Waals surface area contributed by atoms with E-state index in [2.05, 4.69) is 25.6 Å². The van der Waals surface area contributed by atoms with Gasteiger partial charge in [0.15, 0.2) is 5.03 Å². The molecule has 2 aromatic carbocycles. The van der Waals surface area contributed by atoms with Gasteiger partial charge in [0, 0.05) is 41.2 Å². The number of benzene rings is 2. The molecule has 1 aromatic heterocycles. The largest absolute Gasteiger partial charge is 0.385 e. The van der Waals surface area contributed by atoms with Gasteiger partial charge in [0.1, 0.15) is 5.54 Å². The molecule has 0 radical (unpaired) electrons. The van der Waals surface area contributed by atoms with Gasteiger partial charge >= 0.3 is 0 Å². The van der Waals surface area contributed by atoms with E-state index in [1.807, 2.05) is 24.3 Å². The lowest BCUT2D eigenvalue weighted by atomic mass is 9.92. The molecule has 1 aliphatic rings. The summed E-state index contributed by atoms with van der Waals surface area (Å²) in [6.45, 7) is 2.30. The molecule has 8 nitrogen and oxygen atoms in total. The summed E-state index contributed by atoms with van der Waals surface area (Å²) in [5, 5.41) is 0.577. The van der Waals surface area contributed by atoms with Crippen molar-refractivity contribution in [1.29, 1.82) is 0 Å². The lowest BCUT2D eigenvalue weighted by Gasteiger charge is -2.26. The van der Waals surface area contributed by atoms with Gasteiger partial charge in [0.05, 0.1) is 11.9 Å². The van der Waals surface area contributed by atoms with Gasteiger partial charge in [-0.25, -0.2) is 23.0 Å². The van der Waals surface area contributed by atoms with Crippen molar-refractivity contribution in [3.05, 3.63) is 68.7 Å². The Morgan fingerprint density at radius 2 is 1.80 bits per heavy atom. The van der Waals surface area contributed by atoms with Gasteiger partial charge in [-0.3, -0.25) is 9.36 Å². The molecule has 1 atom stereocenters. The van der Waals surface area contributed by atoms with E-state index in [1.54, 1.807) is 32.2 Å². The van der Waals surface area contributed by atoms with Gasteiger partial charge in [-0.05, 0) is 49.2 Å². The number of methoxy groups -OCH3 is 1. The van der Waals surface area contributed by atoms with Crippen LogP contribution in [0.4, 0.5) is 11.6 Å². The number of carbonyl (C=O) groups excluding carboxylic acids is 1. The molecule has 0 saturated heterocycles. The molecule has 0 fully saturated rings. The van der Waals surface area contributed by atoms with Gasteiger partial charge in [-0.1, -0.05) is 51.3 Å². The average Bonchev–Trinajstić information content (AvgIpc) is 3.31. The maximum atomic E-state index is 14.0. The minimum atomic E-state index is -3.98. The predicted molar refractivity (Wildman–Crippen MR) is 139 cm³/mol. The van der Waals surface area contributed by atoms with Crippen LogP contribution in [-0.4, -0.2) is 44.1 Å². The quantitative estimate of drug-likeness (QED) is 0.352. The monoisotopic (exact) mass is 600 g/mol. The van der Waals surface area contributed by atoms with Crippen LogP contribution in [0.2, 0.25) is 10.0 Å². The Bertz CT molecular complexity index is 1340. The van der Waals surface area contributed by atoms with Crippen LogP contribution in [0.3, 0.4) is 0 Å². The lowest BCUT2D eigenvalue weighted by molar-refractivity contribution is -0.124. The molecule has 0 spiro atoms. The topological polar surface area (TPSA) is 93.5 Å². The number of nitrogens with one attached hydrogen (secondary N) is 1. The van der Waals surface area contributed by atoms with Crippen molar-refractivity contribution >= 4 is 66.7 Å². The van der Waals surface area contributed by atoms with Crippen molar-refractivity contribution in [3.63, 3.8) is 0 Å². The Kier molecular flexibility index (Phi) is 7.61. The minimum absolute atomic E-state index is 0.103. The number of fused-ring (bicyclic) bond motifs is 1. The third kappa shape index (κ3) is 5.14. The molecular weight excluding hydrogens is 579 g/mol. The summed E-state index contributed by atoms with van der Waals surface area (Å²) in [6.07, 6.45) is 2.00. The first-order valence-electron chi connectivity index (χ1n) is 10.7. The minimum Gasteiger partial charge on any atom is -0.385 e. The van der Waals surface area contributed by atoms with E-state index in [1.165, 1.54) is 15.7 Å². The van der Waals surface area contributed by atoms with Crippen LogP contribution in [0.25, 0.3) is 0 Å². The predicted octanol–water partition coefficient (Wildman–Crippen LogP) is 4.90. The number of rotatable bonds is 9. The summed E-state index contributed by atoms with van der Waals surface area (Å²) in [5.74, 6) is -0.178. The summed E-state index contributed by atoms with van der Waals surface area (Å²) in [4.78, 5) is 19.7. The zero-order valence-corrected chi connectivity index (χ0v) is 22.9. The first-order valence-corrected chi connectivity index (χ1v) is 13.7. The number of aromatic nitrogens is 2. The second-order valence-electron chi connectivity index (χ2n) is 8.32. The van der Waals surface area contributed by atoms with E-state index >= 15 is 0 Å². The van der Waals surface area contributed by atoms with Crippen LogP contribution >= 0.6 is 39.1 Å². The van der Waals surface area contributed by atoms with Crippen LogP contribution in [0.15, 0.2) is 58.2 Å². The van der Waals surface area contributed by atoms with Crippen LogP contribution < -0.4 is 9.62 Å². The Hall–Kier alpha value is -1.95. The van der Waals surface area contributed by atoms with Crippen molar-refractivity contribution in [2.24, 2.45) is 0 Å². The molecule has 35 heavy (non-hydrogen) atoms. The molecule has 2 heterocycles. The highest BCUT2D eigenvalue weighted by atomic mass is 79.9. The third-order valence-electron chi connectivity index (χ3n) is 5.73. The maximum Gasteiger partial charge on any atom is 0.260 e. The van der Waals surface area contributed by atoms with E-state index in [4.69, 9.17) is 27.9 Å². The molecule has 3 aromatic rings. The Morgan fingerprint density at radius 1 is 1.14 bits per heavy atom. The Morgan fingerprint density at radius 3 is 2.43 bits per heavy atom. The summed E-state index contributed by atoms with van der Waals surface area (Å²) in [7, 11) is -2.43. The number of anilines is 2. The number of nitrogens with zero attached hydrogens (tertiary/aromatic N) is 3. The number of hydrogen-bond donors (Lipinski definition) is 1. The molecule has 12 heteroatoms. The number of sulfonamides is 1. The van der Waals surface area contributed by atoms with E-state index in [-0.39, 0.29) is 29.8 Å². The number of halogens is 3. The Balaban J connectivity index is 1.83. The fourth-order valence-corrected chi connectivity index (χ4v) is 6.17. The SMILES string of the molecule is COCCCNS(=O)(=O)c1cnc2n1[C@](C)(Cc1ccc(Br)cc1)C(=O)N2c1cc(Cl)cc(Cl)c1. The number of hydrogen-bond acceptors (Lipinski definition) is 5. The first kappa shape index (κ1) is 26.1. The number of amides is 1. The normalized spacial score (nSPS) is 17.7. The fourth-order valence-electron chi connectivity index (χ4n) is 4.12. The highest BCUT2D eigenvalue weighted by Crippen LogP contribution is 2.44. The zero-order chi connectivity index (χ0) is 25.4. The molecule has 186 valence electrons. The van der Waals surface area contributed by atoms with Crippen LogP contribution in [0.1, 0.15) is 18.9 Å². The zero-order valence-electron chi connectivity index (χ0n) is 19.0. The summed E-state index contributed by atoms with van der Waals surface area (Å²) in [5.41, 5.74) is -0.0348. The molecule has 1 aliphatic heterocycles. The van der Waals surface area contributed by atoms with E-state index in [0.717, 1.165) is 10.0 Å². The third-order valence-corrected chi connectivity index (χ3v) is 8.12. The highest BCUT2D eigenvalue weighted by Gasteiger charge is 2.51. The van der Waals surface area contributed by atoms with Crippen molar-refractivity contribution in [2.75, 3.05) is 25.2 Å². The summed E-state index contributed by atoms with van der Waals surface area (Å²) < 4.78 is 36.5. The second kappa shape index (κ2) is 10.2. The number of imidazole rings is 1. The second-order valence-corrected chi connectivity index (χ2v) is 11.8. The van der Waals surface area contributed by atoms with Crippen molar-refractivity contribution in [3.8, 4) is 0 Å². The van der Waals surface area contributed by atoms with E-state index in [0.29, 0.717) is 28.8 Å². The fraction of sp³-hybridized carbons (Fsp3) is 0.304. The van der Waals surface area contributed by atoms with Crippen molar-refractivity contribution < 1.29 is 17.9 Å². The molecule has 0 saturated carbocycles. The highest BCUT2D eigenvalue weighted by molar-refractivity contribution is 9.10. The number of carbonyl (C=O) groups is 1. The Labute approximate surface area is 222 Å². The van der Waals surface area contributed by atoms with Gasteiger partial charge < -0.3 is 4.74 Å². The van der Waals surface area contributed by atoms with Gasteiger partial charge in [-0.2, -0.15) is 0 Å². The molecule has 0 aliphatic carbocycles. The standard InChI is InChI=1S/C23H23BrCl2N4O4S/c1-23(13-15-4-6-16(24)7-5-15)21(31)29(19-11-17(25)10-18(26)12-19)22-27-14-20(30(22)23)35(32,33)28-8-3-9-34-2/h4-7,10-12,14,28H,3,8-9,13H2,1-2H3/t23-/m1/s1. The van der Waals surface area contributed by atoms with Crippen LogP contribution in [-0.2, 0) is 31.5 Å². The first-order chi connectivity index (χ1) is 16.6. The van der Waals surface area contributed by atoms with Crippen LogP contribution in [0, 0.1) is 0 Å². The average molecular weight is 602 g/mol. The van der Waals surface area contributed by atoms with E-state index < -0.39 is 15.6 Å². The molecule has 0 bridgehead atoms. The summed E-state index contributed by atoms with van der Waals surface area (Å²) in [6, 6.07) is 12.2. The van der Waals surface area contributed by atoms with Gasteiger partial charge in [0.2, 0.25) is 5.95 Å². The molecule has 1 amide bonds. The molecule has 1 N–H and O–H groups in total. The molecule has 4 rings (SSSR count). The van der Waals surface area contributed by atoms with Crippen LogP contribution in [0.5, 0.6) is 0 Å². The smallest absolute Gasteiger partial charge is 0.260 e. The van der Waals surface area contributed by atoms with E-state index in [9.17, 15) is 13.2 Å². The van der Waals surface area contributed by atoms with Gasteiger partial charge in [-0.15, -0.1) is 0 Å². The lowest BCUT2D eigenvalue weighted by Crippen LogP contribution is -2.42. The maximum absolute atomic E-state index is 14.0. The summed E-state index contributed by atoms with van der Waals surface area (Å²) >= 11 is 15.8. The molecule has 0 unspecified atom stereocenters. The van der Waals surface area contributed by atoms with Crippen molar-refractivity contribution in [2.45, 2.75) is 30.3 Å².